The molecule has 1 unspecified atom stereocenters. The number of aromatic nitrogens is 2. The molecule has 2 aliphatic rings. The van der Waals surface area contributed by atoms with Gasteiger partial charge in [-0.25, -0.2) is 9.97 Å². The molecular weight excluding hydrogens is 276 g/mol. The Bertz CT molecular complexity index is 533. The lowest BCUT2D eigenvalue weighted by Crippen LogP contribution is -2.35. The molecule has 1 aliphatic heterocycles. The van der Waals surface area contributed by atoms with Crippen LogP contribution in [0.5, 0.6) is 0 Å². The second-order valence-corrected chi connectivity index (χ2v) is 6.89. The molecule has 120 valence electrons. The molecule has 1 aromatic rings. The summed E-state index contributed by atoms with van der Waals surface area (Å²) in [7, 11) is 2.02. The molecule has 22 heavy (non-hydrogen) atoms. The third kappa shape index (κ3) is 3.23. The summed E-state index contributed by atoms with van der Waals surface area (Å²) in [4.78, 5) is 25.5. The van der Waals surface area contributed by atoms with E-state index in [0.717, 1.165) is 30.4 Å². The highest BCUT2D eigenvalue weighted by molar-refractivity contribution is 5.79. The minimum absolute atomic E-state index is 0.339. The average Bonchev–Trinajstić information content (AvgIpc) is 3.07. The summed E-state index contributed by atoms with van der Waals surface area (Å²) in [5.41, 5.74) is 1.98. The molecule has 1 atom stereocenters. The zero-order valence-corrected chi connectivity index (χ0v) is 13.9. The first kappa shape index (κ1) is 15.3. The highest BCUT2D eigenvalue weighted by Crippen LogP contribution is 2.30. The van der Waals surface area contributed by atoms with Gasteiger partial charge in [-0.2, -0.15) is 0 Å². The van der Waals surface area contributed by atoms with Crippen LogP contribution in [0, 0.1) is 19.8 Å². The molecule has 2 fully saturated rings. The third-order valence-electron chi connectivity index (χ3n) is 4.85. The number of likely N-dealkylation sites (tertiary alicyclic amines) is 1. The lowest BCUT2D eigenvalue weighted by Gasteiger charge is -2.25. The maximum absolute atomic E-state index is 12.3. The van der Waals surface area contributed by atoms with Crippen LogP contribution in [0.25, 0.3) is 0 Å². The van der Waals surface area contributed by atoms with Gasteiger partial charge in [0.25, 0.3) is 0 Å². The zero-order chi connectivity index (χ0) is 15.7. The molecular formula is C17H26N4O. The summed E-state index contributed by atoms with van der Waals surface area (Å²) in [6.45, 7) is 5.73. The van der Waals surface area contributed by atoms with Crippen LogP contribution in [0.4, 0.5) is 5.95 Å². The van der Waals surface area contributed by atoms with Gasteiger partial charge in [0.1, 0.15) is 0 Å². The van der Waals surface area contributed by atoms with Crippen LogP contribution in [0.3, 0.4) is 0 Å². The third-order valence-corrected chi connectivity index (χ3v) is 4.85. The Labute approximate surface area is 132 Å². The molecule has 1 aliphatic carbocycles. The number of carbonyl (C=O) groups excluding carboxylic acids is 1. The van der Waals surface area contributed by atoms with E-state index in [-0.39, 0.29) is 0 Å². The van der Waals surface area contributed by atoms with Crippen molar-refractivity contribution in [1.82, 2.24) is 14.9 Å². The van der Waals surface area contributed by atoms with Gasteiger partial charge >= 0.3 is 0 Å². The maximum Gasteiger partial charge on any atom is 0.225 e. The van der Waals surface area contributed by atoms with Crippen molar-refractivity contribution in [3.63, 3.8) is 0 Å². The van der Waals surface area contributed by atoms with Gasteiger partial charge in [0.15, 0.2) is 0 Å². The van der Waals surface area contributed by atoms with E-state index in [4.69, 9.17) is 0 Å². The topological polar surface area (TPSA) is 49.3 Å². The van der Waals surface area contributed by atoms with Crippen molar-refractivity contribution < 1.29 is 4.79 Å². The van der Waals surface area contributed by atoms with Gasteiger partial charge in [-0.3, -0.25) is 4.79 Å². The fourth-order valence-corrected chi connectivity index (χ4v) is 3.85. The van der Waals surface area contributed by atoms with Crippen LogP contribution in [0.15, 0.2) is 6.07 Å². The van der Waals surface area contributed by atoms with Crippen molar-refractivity contribution in [1.29, 1.82) is 0 Å². The summed E-state index contributed by atoms with van der Waals surface area (Å²) >= 11 is 0. The Hall–Kier alpha value is -1.65. The van der Waals surface area contributed by atoms with Crippen LogP contribution < -0.4 is 4.90 Å². The molecule has 0 spiro atoms. The predicted octanol–water partition coefficient (Wildman–Crippen LogP) is 2.32. The fraction of sp³-hybridized carbons (Fsp3) is 0.706. The SMILES string of the molecule is Cc1cc(C)nc(N(C)CC2CC(=O)N(C3CCCC3)C2)n1. The number of rotatable bonds is 4. The molecule has 1 amide bonds. The van der Waals surface area contributed by atoms with Crippen LogP contribution >= 0.6 is 0 Å². The monoisotopic (exact) mass is 302 g/mol. The molecule has 1 saturated carbocycles. The Morgan fingerprint density at radius 2 is 1.86 bits per heavy atom. The minimum atomic E-state index is 0.339. The number of carbonyl (C=O) groups is 1. The maximum atomic E-state index is 12.3. The lowest BCUT2D eigenvalue weighted by atomic mass is 10.1. The number of amides is 1. The molecule has 0 radical (unpaired) electrons. The van der Waals surface area contributed by atoms with E-state index in [2.05, 4.69) is 19.8 Å². The lowest BCUT2D eigenvalue weighted by molar-refractivity contribution is -0.129. The van der Waals surface area contributed by atoms with E-state index in [1.165, 1.54) is 25.7 Å². The van der Waals surface area contributed by atoms with Gasteiger partial charge in [0.2, 0.25) is 11.9 Å². The van der Waals surface area contributed by atoms with E-state index >= 15 is 0 Å². The van der Waals surface area contributed by atoms with E-state index in [9.17, 15) is 4.79 Å². The van der Waals surface area contributed by atoms with Crippen molar-refractivity contribution in [2.75, 3.05) is 25.0 Å². The van der Waals surface area contributed by atoms with Crippen LogP contribution in [0.2, 0.25) is 0 Å². The van der Waals surface area contributed by atoms with E-state index in [1.807, 2.05) is 27.0 Å². The highest BCUT2D eigenvalue weighted by atomic mass is 16.2. The molecule has 5 nitrogen and oxygen atoms in total. The second kappa shape index (κ2) is 6.23. The number of nitrogens with zero attached hydrogens (tertiary/aromatic N) is 4. The molecule has 0 aromatic carbocycles. The second-order valence-electron chi connectivity index (χ2n) is 6.89. The first-order chi connectivity index (χ1) is 10.5. The molecule has 5 heteroatoms. The Morgan fingerprint density at radius 1 is 1.23 bits per heavy atom. The van der Waals surface area contributed by atoms with Crippen molar-refractivity contribution in [3.05, 3.63) is 17.5 Å². The summed E-state index contributed by atoms with van der Waals surface area (Å²) in [5.74, 6) is 1.50. The normalized spacial score (nSPS) is 22.6. The van der Waals surface area contributed by atoms with E-state index < -0.39 is 0 Å². The number of anilines is 1. The molecule has 2 heterocycles. The Kier molecular flexibility index (Phi) is 4.32. The Balaban J connectivity index is 1.62. The quantitative estimate of drug-likeness (QED) is 0.856. The van der Waals surface area contributed by atoms with Crippen molar-refractivity contribution >= 4 is 11.9 Å². The van der Waals surface area contributed by atoms with Gasteiger partial charge in [-0.1, -0.05) is 12.8 Å². The molecule has 1 saturated heterocycles. The van der Waals surface area contributed by atoms with Crippen molar-refractivity contribution in [2.45, 2.75) is 52.0 Å². The standard InChI is InChI=1S/C17H26N4O/c1-12-8-13(2)19-17(18-12)20(3)10-14-9-16(22)21(11-14)15-6-4-5-7-15/h8,14-15H,4-7,9-11H2,1-3H3. The van der Waals surface area contributed by atoms with Crippen molar-refractivity contribution in [2.24, 2.45) is 5.92 Å². The first-order valence-corrected chi connectivity index (χ1v) is 8.36. The number of hydrogen-bond donors (Lipinski definition) is 0. The Morgan fingerprint density at radius 3 is 2.50 bits per heavy atom. The highest BCUT2D eigenvalue weighted by Gasteiger charge is 2.35. The summed E-state index contributed by atoms with van der Waals surface area (Å²) in [6, 6.07) is 2.48. The van der Waals surface area contributed by atoms with Crippen LogP contribution in [-0.2, 0) is 4.79 Å². The summed E-state index contributed by atoms with van der Waals surface area (Å²) < 4.78 is 0. The largest absolute Gasteiger partial charge is 0.344 e. The van der Waals surface area contributed by atoms with Gasteiger partial charge in [-0.15, -0.1) is 0 Å². The van der Waals surface area contributed by atoms with Gasteiger partial charge in [0.05, 0.1) is 0 Å². The smallest absolute Gasteiger partial charge is 0.225 e. The van der Waals surface area contributed by atoms with Gasteiger partial charge in [-0.05, 0) is 32.8 Å². The first-order valence-electron chi connectivity index (χ1n) is 8.36. The van der Waals surface area contributed by atoms with E-state index in [0.29, 0.717) is 24.3 Å². The molecule has 3 rings (SSSR count). The van der Waals surface area contributed by atoms with Crippen LogP contribution in [0.1, 0.15) is 43.5 Å². The van der Waals surface area contributed by atoms with Gasteiger partial charge < -0.3 is 9.80 Å². The predicted molar refractivity (Wildman–Crippen MR) is 86.9 cm³/mol. The van der Waals surface area contributed by atoms with E-state index in [1.54, 1.807) is 0 Å². The fourth-order valence-electron chi connectivity index (χ4n) is 3.85. The molecule has 0 N–H and O–H groups in total. The molecule has 1 aromatic heterocycles. The summed E-state index contributed by atoms with van der Waals surface area (Å²) in [6.07, 6.45) is 5.60. The van der Waals surface area contributed by atoms with Crippen molar-refractivity contribution in [3.8, 4) is 0 Å². The van der Waals surface area contributed by atoms with Crippen LogP contribution in [-0.4, -0.2) is 47.0 Å². The number of aryl methyl sites for hydroxylation is 2. The zero-order valence-electron chi connectivity index (χ0n) is 13.9. The minimum Gasteiger partial charge on any atom is -0.344 e. The number of hydrogen-bond acceptors (Lipinski definition) is 4. The summed E-state index contributed by atoms with van der Waals surface area (Å²) in [5, 5.41) is 0. The average molecular weight is 302 g/mol. The molecule has 0 bridgehead atoms. The van der Waals surface area contributed by atoms with Gasteiger partial charge in [0, 0.05) is 49.9 Å².